The Hall–Kier alpha value is -2.36. The van der Waals surface area contributed by atoms with Gasteiger partial charge in [-0.25, -0.2) is 0 Å². The fourth-order valence-electron chi connectivity index (χ4n) is 6.33. The van der Waals surface area contributed by atoms with Crippen molar-refractivity contribution in [1.82, 2.24) is 9.88 Å². The number of carbonyl (C=O) groups is 1. The molecule has 5 rings (SSSR count). The fraction of sp³-hybridized carbons (Fsp3) is 0.500. The maximum absolute atomic E-state index is 13.2. The van der Waals surface area contributed by atoms with Crippen molar-refractivity contribution in [3.05, 3.63) is 59.4 Å². The standard InChI is InChI=1S/C24H28N2O2/c1-24-12-10-19-18-9-7-17(28-2)15-16(18)6-8-20(19)21(24)11-14-26(24)23(27)22-5-3-4-13-25-22/h3-5,7,9,13,15,19-21H,6,8,10-12,14H2,1-2H3/t19-,20-,21+,24+/m1/s1. The summed E-state index contributed by atoms with van der Waals surface area (Å²) in [6.07, 6.45) is 7.39. The van der Waals surface area contributed by atoms with Crippen molar-refractivity contribution >= 4 is 5.91 Å². The van der Waals surface area contributed by atoms with Crippen molar-refractivity contribution in [1.29, 1.82) is 0 Å². The molecule has 0 unspecified atom stereocenters. The highest BCUT2D eigenvalue weighted by Gasteiger charge is 2.55. The number of ether oxygens (including phenoxy) is 1. The quantitative estimate of drug-likeness (QED) is 0.778. The number of amides is 1. The van der Waals surface area contributed by atoms with E-state index in [1.165, 1.54) is 17.5 Å². The average Bonchev–Trinajstić information content (AvgIpc) is 3.10. The molecule has 28 heavy (non-hydrogen) atoms. The summed E-state index contributed by atoms with van der Waals surface area (Å²) in [7, 11) is 1.74. The van der Waals surface area contributed by atoms with Crippen LogP contribution in [0.1, 0.15) is 60.1 Å². The van der Waals surface area contributed by atoms with E-state index in [4.69, 9.17) is 4.74 Å². The van der Waals surface area contributed by atoms with Crippen molar-refractivity contribution < 1.29 is 9.53 Å². The molecule has 146 valence electrons. The molecular weight excluding hydrogens is 348 g/mol. The Morgan fingerprint density at radius 3 is 2.89 bits per heavy atom. The fourth-order valence-corrected chi connectivity index (χ4v) is 6.33. The second-order valence-electron chi connectivity index (χ2n) is 8.84. The number of aromatic nitrogens is 1. The lowest BCUT2D eigenvalue weighted by molar-refractivity contribution is 0.0240. The van der Waals surface area contributed by atoms with Gasteiger partial charge in [0.2, 0.25) is 0 Å². The number of hydrogen-bond acceptors (Lipinski definition) is 3. The first kappa shape index (κ1) is 17.7. The molecule has 4 heteroatoms. The molecule has 4 nitrogen and oxygen atoms in total. The number of benzene rings is 1. The van der Waals surface area contributed by atoms with E-state index in [-0.39, 0.29) is 11.4 Å². The van der Waals surface area contributed by atoms with Crippen LogP contribution >= 0.6 is 0 Å². The van der Waals surface area contributed by atoms with E-state index in [1.54, 1.807) is 13.3 Å². The average molecular weight is 377 g/mol. The zero-order chi connectivity index (χ0) is 19.3. The Bertz CT molecular complexity index is 897. The molecule has 2 heterocycles. The SMILES string of the molecule is COc1ccc2c(c1)CC[C@@H]1[C@@H]2CC[C@@]2(C)[C@H]1CCN2C(=O)c1ccccn1. The van der Waals surface area contributed by atoms with E-state index < -0.39 is 0 Å². The van der Waals surface area contributed by atoms with Gasteiger partial charge in [0.05, 0.1) is 7.11 Å². The van der Waals surface area contributed by atoms with Gasteiger partial charge in [-0.05, 0) is 92.2 Å². The lowest BCUT2D eigenvalue weighted by atomic mass is 9.58. The first-order valence-corrected chi connectivity index (χ1v) is 10.5. The van der Waals surface area contributed by atoms with Gasteiger partial charge in [0.1, 0.15) is 11.4 Å². The van der Waals surface area contributed by atoms with E-state index in [2.05, 4.69) is 35.0 Å². The zero-order valence-electron chi connectivity index (χ0n) is 16.7. The molecule has 1 aromatic heterocycles. The van der Waals surface area contributed by atoms with Crippen LogP contribution in [-0.4, -0.2) is 35.0 Å². The minimum absolute atomic E-state index is 0.0419. The molecule has 1 amide bonds. The van der Waals surface area contributed by atoms with Gasteiger partial charge in [-0.1, -0.05) is 12.1 Å². The van der Waals surface area contributed by atoms with Crippen molar-refractivity contribution in [3.63, 3.8) is 0 Å². The second-order valence-corrected chi connectivity index (χ2v) is 8.84. The lowest BCUT2D eigenvalue weighted by Crippen LogP contribution is -2.54. The summed E-state index contributed by atoms with van der Waals surface area (Å²) >= 11 is 0. The summed E-state index contributed by atoms with van der Waals surface area (Å²) in [5, 5.41) is 0. The lowest BCUT2D eigenvalue weighted by Gasteiger charge is -2.51. The molecular formula is C24H28N2O2. The molecule has 0 spiro atoms. The molecule has 1 saturated carbocycles. The Morgan fingerprint density at radius 1 is 1.21 bits per heavy atom. The van der Waals surface area contributed by atoms with Crippen molar-refractivity contribution in [2.75, 3.05) is 13.7 Å². The van der Waals surface area contributed by atoms with Gasteiger partial charge in [-0.2, -0.15) is 0 Å². The summed E-state index contributed by atoms with van der Waals surface area (Å²) in [5.74, 6) is 2.93. The third-order valence-corrected chi connectivity index (χ3v) is 7.70. The van der Waals surface area contributed by atoms with E-state index in [0.29, 0.717) is 23.4 Å². The number of pyridine rings is 1. The largest absolute Gasteiger partial charge is 0.497 e. The number of hydrogen-bond donors (Lipinski definition) is 0. The van der Waals surface area contributed by atoms with Crippen LogP contribution in [0.5, 0.6) is 5.75 Å². The van der Waals surface area contributed by atoms with Gasteiger partial charge in [0, 0.05) is 18.3 Å². The maximum Gasteiger partial charge on any atom is 0.272 e. The molecule has 3 aliphatic rings. The van der Waals surface area contributed by atoms with E-state index in [1.807, 2.05) is 18.2 Å². The van der Waals surface area contributed by atoms with Gasteiger partial charge in [-0.3, -0.25) is 9.78 Å². The summed E-state index contributed by atoms with van der Waals surface area (Å²) in [6.45, 7) is 3.18. The molecule has 0 bridgehead atoms. The van der Waals surface area contributed by atoms with Crippen molar-refractivity contribution in [2.45, 2.75) is 50.5 Å². The Kier molecular flexibility index (Phi) is 4.18. The minimum Gasteiger partial charge on any atom is -0.497 e. The van der Waals surface area contributed by atoms with Crippen molar-refractivity contribution in [2.24, 2.45) is 11.8 Å². The van der Waals surface area contributed by atoms with Crippen molar-refractivity contribution in [3.8, 4) is 5.75 Å². The Morgan fingerprint density at radius 2 is 2.11 bits per heavy atom. The molecule has 1 saturated heterocycles. The third kappa shape index (κ3) is 2.57. The van der Waals surface area contributed by atoms with Crippen LogP contribution < -0.4 is 4.74 Å². The number of carbonyl (C=O) groups excluding carboxylic acids is 1. The number of nitrogens with zero attached hydrogens (tertiary/aromatic N) is 2. The van der Waals surface area contributed by atoms with Gasteiger partial charge < -0.3 is 9.64 Å². The second kappa shape index (κ2) is 6.61. The highest BCUT2D eigenvalue weighted by atomic mass is 16.5. The molecule has 0 N–H and O–H groups in total. The third-order valence-electron chi connectivity index (χ3n) is 7.70. The Balaban J connectivity index is 1.43. The number of methoxy groups -OCH3 is 1. The van der Waals surface area contributed by atoms with E-state index in [9.17, 15) is 4.79 Å². The summed E-state index contributed by atoms with van der Waals surface area (Å²) in [5.41, 5.74) is 3.52. The first-order chi connectivity index (χ1) is 13.6. The van der Waals surface area contributed by atoms with Crippen LogP contribution in [0.15, 0.2) is 42.6 Å². The van der Waals surface area contributed by atoms with Crippen LogP contribution in [0, 0.1) is 11.8 Å². The van der Waals surface area contributed by atoms with E-state index >= 15 is 0 Å². The predicted octanol–water partition coefficient (Wildman–Crippen LogP) is 4.45. The number of fused-ring (bicyclic) bond motifs is 5. The molecule has 2 aliphatic carbocycles. The summed E-state index contributed by atoms with van der Waals surface area (Å²) in [6, 6.07) is 12.2. The number of aryl methyl sites for hydroxylation is 1. The number of likely N-dealkylation sites (tertiary alicyclic amines) is 1. The molecule has 4 atom stereocenters. The van der Waals surface area contributed by atoms with Gasteiger partial charge >= 0.3 is 0 Å². The molecule has 0 radical (unpaired) electrons. The highest BCUT2D eigenvalue weighted by Crippen LogP contribution is 2.56. The smallest absolute Gasteiger partial charge is 0.272 e. The summed E-state index contributed by atoms with van der Waals surface area (Å²) < 4.78 is 5.43. The topological polar surface area (TPSA) is 42.4 Å². The predicted molar refractivity (Wildman–Crippen MR) is 109 cm³/mol. The zero-order valence-corrected chi connectivity index (χ0v) is 16.7. The van der Waals surface area contributed by atoms with Gasteiger partial charge in [0.15, 0.2) is 0 Å². The molecule has 2 fully saturated rings. The maximum atomic E-state index is 13.2. The van der Waals surface area contributed by atoms with Crippen LogP contribution in [-0.2, 0) is 6.42 Å². The van der Waals surface area contributed by atoms with Crippen LogP contribution in [0.4, 0.5) is 0 Å². The van der Waals surface area contributed by atoms with Crippen LogP contribution in [0.25, 0.3) is 0 Å². The minimum atomic E-state index is -0.0419. The molecule has 2 aromatic rings. The molecule has 1 aliphatic heterocycles. The van der Waals surface area contributed by atoms with Gasteiger partial charge in [-0.15, -0.1) is 0 Å². The van der Waals surface area contributed by atoms with E-state index in [0.717, 1.165) is 38.0 Å². The Labute approximate surface area is 166 Å². The molecule has 1 aromatic carbocycles. The monoisotopic (exact) mass is 376 g/mol. The van der Waals surface area contributed by atoms with Gasteiger partial charge in [0.25, 0.3) is 5.91 Å². The first-order valence-electron chi connectivity index (χ1n) is 10.5. The van der Waals surface area contributed by atoms with Crippen LogP contribution in [0.3, 0.4) is 0 Å². The summed E-state index contributed by atoms with van der Waals surface area (Å²) in [4.78, 5) is 19.6. The van der Waals surface area contributed by atoms with Crippen LogP contribution in [0.2, 0.25) is 0 Å². The number of rotatable bonds is 2. The normalized spacial score (nSPS) is 30.9. The highest BCUT2D eigenvalue weighted by molar-refractivity contribution is 5.93.